The number of ether oxygens (including phenoxy) is 1. The molecule has 1 aliphatic heterocycles. The third-order valence-corrected chi connectivity index (χ3v) is 6.16. The van der Waals surface area contributed by atoms with Gasteiger partial charge in [-0.15, -0.1) is 0 Å². The molecule has 3 aromatic rings. The molecule has 1 aliphatic rings. The second-order valence-electron chi connectivity index (χ2n) is 9.04. The minimum atomic E-state index is -0.563. The number of aromatic nitrogens is 2. The van der Waals surface area contributed by atoms with E-state index in [4.69, 9.17) is 15.6 Å². The highest BCUT2D eigenvalue weighted by molar-refractivity contribution is 6.04. The highest BCUT2D eigenvalue weighted by Gasteiger charge is 2.31. The van der Waals surface area contributed by atoms with Crippen LogP contribution in [0.15, 0.2) is 54.6 Å². The fourth-order valence-corrected chi connectivity index (χ4v) is 4.42. The van der Waals surface area contributed by atoms with Crippen LogP contribution in [0.5, 0.6) is 5.75 Å². The van der Waals surface area contributed by atoms with Crippen LogP contribution in [0.25, 0.3) is 11.3 Å². The molecule has 4 rings (SSSR count). The van der Waals surface area contributed by atoms with E-state index in [0.29, 0.717) is 48.0 Å². The monoisotopic (exact) mass is 488 g/mol. The fraction of sp³-hybridized carbons (Fsp3) is 0.296. The molecule has 36 heavy (non-hydrogen) atoms. The van der Waals surface area contributed by atoms with Crippen molar-refractivity contribution in [2.24, 2.45) is 5.73 Å². The van der Waals surface area contributed by atoms with Gasteiger partial charge in [-0.05, 0) is 45.1 Å². The Balaban J connectivity index is 1.75. The molecule has 0 fully saturated rings. The molecule has 1 atom stereocenters. The number of nitrogens with two attached hydrogens (primary N) is 1. The lowest BCUT2D eigenvalue weighted by molar-refractivity contribution is -0.111. The molecule has 4 N–H and O–H groups in total. The SMILES string of the molecule is COc1cc(-c2nn3c(c2C(N)=O)NCCC3c2ccccc2NC(=O)/C=C/CN(C)C)ccc1C. The zero-order valence-corrected chi connectivity index (χ0v) is 21.0. The summed E-state index contributed by atoms with van der Waals surface area (Å²) < 4.78 is 7.28. The minimum absolute atomic E-state index is 0.204. The molecule has 2 heterocycles. The lowest BCUT2D eigenvalue weighted by Gasteiger charge is -2.28. The van der Waals surface area contributed by atoms with Crippen LogP contribution < -0.4 is 21.1 Å². The lowest BCUT2D eigenvalue weighted by Crippen LogP contribution is -2.27. The maximum absolute atomic E-state index is 12.6. The van der Waals surface area contributed by atoms with Crippen molar-refractivity contribution in [2.45, 2.75) is 19.4 Å². The summed E-state index contributed by atoms with van der Waals surface area (Å²) in [5.41, 5.74) is 9.98. The number of carbonyl (C=O) groups is 2. The fourth-order valence-electron chi connectivity index (χ4n) is 4.42. The third-order valence-electron chi connectivity index (χ3n) is 6.16. The van der Waals surface area contributed by atoms with E-state index in [1.165, 1.54) is 6.08 Å². The predicted molar refractivity (Wildman–Crippen MR) is 141 cm³/mol. The van der Waals surface area contributed by atoms with Gasteiger partial charge in [0.15, 0.2) is 0 Å². The van der Waals surface area contributed by atoms with Gasteiger partial charge in [-0.3, -0.25) is 9.59 Å². The highest BCUT2D eigenvalue weighted by atomic mass is 16.5. The molecule has 9 nitrogen and oxygen atoms in total. The first-order valence-corrected chi connectivity index (χ1v) is 11.8. The molecule has 0 spiro atoms. The van der Waals surface area contributed by atoms with Crippen LogP contribution in [0.2, 0.25) is 0 Å². The molecule has 2 amide bonds. The van der Waals surface area contributed by atoms with Crippen molar-refractivity contribution in [3.8, 4) is 17.0 Å². The molecular weight excluding hydrogens is 456 g/mol. The maximum Gasteiger partial charge on any atom is 0.254 e. The normalized spacial score (nSPS) is 15.0. The molecular formula is C27H32N6O3. The van der Waals surface area contributed by atoms with Crippen molar-refractivity contribution in [3.05, 3.63) is 71.3 Å². The number of benzene rings is 2. The van der Waals surface area contributed by atoms with Crippen LogP contribution in [0.4, 0.5) is 11.5 Å². The third kappa shape index (κ3) is 5.11. The van der Waals surface area contributed by atoms with Gasteiger partial charge in [0.25, 0.3) is 5.91 Å². The van der Waals surface area contributed by atoms with Crippen molar-refractivity contribution in [2.75, 3.05) is 44.9 Å². The summed E-state index contributed by atoms with van der Waals surface area (Å²) in [6.45, 7) is 3.25. The summed E-state index contributed by atoms with van der Waals surface area (Å²) in [7, 11) is 5.49. The summed E-state index contributed by atoms with van der Waals surface area (Å²) >= 11 is 0. The smallest absolute Gasteiger partial charge is 0.254 e. The standard InChI is InChI=1S/C27H32N6O3/c1-17-11-12-18(16-22(17)36-4)25-24(26(28)35)27-29-14-13-21(33(27)31-25)19-8-5-6-9-20(19)30-23(34)10-7-15-32(2)3/h5-12,16,21,29H,13-15H2,1-4H3,(H2,28,35)(H,30,34)/b10-7+. The topological polar surface area (TPSA) is 115 Å². The predicted octanol–water partition coefficient (Wildman–Crippen LogP) is 3.43. The van der Waals surface area contributed by atoms with Gasteiger partial charge in [0.1, 0.15) is 22.8 Å². The number of carbonyl (C=O) groups excluding carboxylic acids is 2. The number of anilines is 2. The number of primary amides is 1. The number of nitrogens with zero attached hydrogens (tertiary/aromatic N) is 3. The van der Waals surface area contributed by atoms with E-state index in [1.807, 2.05) is 74.5 Å². The van der Waals surface area contributed by atoms with E-state index in [1.54, 1.807) is 11.8 Å². The Labute approximate surface area is 210 Å². The van der Waals surface area contributed by atoms with E-state index in [2.05, 4.69) is 10.6 Å². The van der Waals surface area contributed by atoms with Crippen molar-refractivity contribution < 1.29 is 14.3 Å². The zero-order chi connectivity index (χ0) is 25.8. The van der Waals surface area contributed by atoms with Gasteiger partial charge in [0.05, 0.1) is 13.2 Å². The van der Waals surface area contributed by atoms with Gasteiger partial charge in [-0.2, -0.15) is 5.10 Å². The van der Waals surface area contributed by atoms with E-state index in [9.17, 15) is 9.59 Å². The number of methoxy groups -OCH3 is 1. The van der Waals surface area contributed by atoms with Crippen LogP contribution in [-0.2, 0) is 4.79 Å². The Hall–Kier alpha value is -4.11. The second-order valence-corrected chi connectivity index (χ2v) is 9.04. The van der Waals surface area contributed by atoms with Gasteiger partial charge >= 0.3 is 0 Å². The Morgan fingerprint density at radius 2 is 2.06 bits per heavy atom. The first-order valence-electron chi connectivity index (χ1n) is 11.8. The average Bonchev–Trinajstić information content (AvgIpc) is 3.24. The van der Waals surface area contributed by atoms with Crippen molar-refractivity contribution in [1.29, 1.82) is 0 Å². The Kier molecular flexibility index (Phi) is 7.40. The zero-order valence-electron chi connectivity index (χ0n) is 21.0. The van der Waals surface area contributed by atoms with E-state index in [-0.39, 0.29) is 11.9 Å². The summed E-state index contributed by atoms with van der Waals surface area (Å²) in [5.74, 6) is 0.504. The molecule has 0 radical (unpaired) electrons. The van der Waals surface area contributed by atoms with Gasteiger partial charge in [0.2, 0.25) is 5.91 Å². The number of aryl methyl sites for hydroxylation is 1. The molecule has 9 heteroatoms. The molecule has 188 valence electrons. The first-order chi connectivity index (χ1) is 17.3. The first kappa shape index (κ1) is 25.0. The Bertz CT molecular complexity index is 1310. The number of hydrogen-bond acceptors (Lipinski definition) is 6. The molecule has 1 aromatic heterocycles. The van der Waals surface area contributed by atoms with Crippen LogP contribution in [0.1, 0.15) is 33.9 Å². The Morgan fingerprint density at radius 3 is 2.78 bits per heavy atom. The number of rotatable bonds is 8. The van der Waals surface area contributed by atoms with E-state index in [0.717, 1.165) is 16.7 Å². The molecule has 0 saturated carbocycles. The Morgan fingerprint density at radius 1 is 1.28 bits per heavy atom. The molecule has 2 aromatic carbocycles. The van der Waals surface area contributed by atoms with Crippen LogP contribution in [0, 0.1) is 6.92 Å². The number of amides is 2. The van der Waals surface area contributed by atoms with Crippen molar-refractivity contribution in [3.63, 3.8) is 0 Å². The molecule has 0 aliphatic carbocycles. The molecule has 0 bridgehead atoms. The lowest BCUT2D eigenvalue weighted by atomic mass is 9.99. The van der Waals surface area contributed by atoms with Crippen LogP contribution in [-0.4, -0.2) is 60.8 Å². The minimum Gasteiger partial charge on any atom is -0.496 e. The van der Waals surface area contributed by atoms with E-state index >= 15 is 0 Å². The summed E-state index contributed by atoms with van der Waals surface area (Å²) in [6.07, 6.45) is 4.06. The summed E-state index contributed by atoms with van der Waals surface area (Å²) in [4.78, 5) is 27.1. The maximum atomic E-state index is 12.6. The number of hydrogen-bond donors (Lipinski definition) is 3. The van der Waals surface area contributed by atoms with E-state index < -0.39 is 5.91 Å². The molecule has 0 saturated heterocycles. The van der Waals surface area contributed by atoms with Crippen LogP contribution >= 0.6 is 0 Å². The average molecular weight is 489 g/mol. The number of fused-ring (bicyclic) bond motifs is 1. The van der Waals surface area contributed by atoms with Gasteiger partial charge in [-0.1, -0.05) is 36.4 Å². The number of nitrogens with one attached hydrogen (secondary N) is 2. The number of likely N-dealkylation sites (N-methyl/N-ethyl adjacent to an activating group) is 1. The van der Waals surface area contributed by atoms with Gasteiger partial charge in [0, 0.05) is 36.0 Å². The van der Waals surface area contributed by atoms with Gasteiger partial charge in [-0.25, -0.2) is 4.68 Å². The quantitative estimate of drug-likeness (QED) is 0.419. The summed E-state index contributed by atoms with van der Waals surface area (Å²) in [6, 6.07) is 13.1. The number of para-hydroxylation sites is 1. The molecule has 1 unspecified atom stereocenters. The van der Waals surface area contributed by atoms with Gasteiger partial charge < -0.3 is 26.0 Å². The second kappa shape index (κ2) is 10.7. The summed E-state index contributed by atoms with van der Waals surface area (Å²) in [5, 5.41) is 11.2. The highest BCUT2D eigenvalue weighted by Crippen LogP contribution is 2.39. The van der Waals surface area contributed by atoms with Crippen molar-refractivity contribution in [1.82, 2.24) is 14.7 Å². The largest absolute Gasteiger partial charge is 0.496 e. The van der Waals surface area contributed by atoms with Crippen molar-refractivity contribution >= 4 is 23.3 Å². The van der Waals surface area contributed by atoms with Crippen LogP contribution in [0.3, 0.4) is 0 Å².